The van der Waals surface area contributed by atoms with Crippen LogP contribution in [0.1, 0.15) is 116 Å². The Hall–Kier alpha value is -0.750. The summed E-state index contributed by atoms with van der Waals surface area (Å²) in [5.74, 6) is -0.753. The van der Waals surface area contributed by atoms with Crippen molar-refractivity contribution in [2.75, 3.05) is 12.0 Å². The van der Waals surface area contributed by atoms with Gasteiger partial charge in [0.15, 0.2) is 0 Å². The predicted octanol–water partition coefficient (Wildman–Crippen LogP) is 6.48. The minimum Gasteiger partial charge on any atom is -0.481 e. The van der Waals surface area contributed by atoms with Crippen molar-refractivity contribution in [3.63, 3.8) is 0 Å². The Morgan fingerprint density at radius 2 is 1.14 bits per heavy atom. The number of hydrogen-bond donors (Lipinski definition) is 3. The van der Waals surface area contributed by atoms with Gasteiger partial charge >= 0.3 is 11.9 Å². The molecule has 0 unspecified atom stereocenters. The maximum atomic E-state index is 10.3. The normalized spacial score (nSPS) is 11.6. The summed E-state index contributed by atoms with van der Waals surface area (Å²) in [6.07, 6.45) is 22.7. The van der Waals surface area contributed by atoms with Gasteiger partial charge in [0.2, 0.25) is 0 Å². The number of aliphatic carboxylic acids is 2. The Morgan fingerprint density at radius 3 is 1.45 bits per heavy atom. The maximum Gasteiger partial charge on any atom is 0.320 e. The Bertz CT molecular complexity index is 367. The molecule has 0 aliphatic rings. The molecule has 0 amide bonds. The van der Waals surface area contributed by atoms with E-state index in [2.05, 4.69) is 6.92 Å². The van der Waals surface area contributed by atoms with Crippen molar-refractivity contribution in [2.24, 2.45) is 5.73 Å². The van der Waals surface area contributed by atoms with Gasteiger partial charge in [-0.25, -0.2) is 0 Å². The third-order valence-electron chi connectivity index (χ3n) is 4.94. The van der Waals surface area contributed by atoms with Crippen molar-refractivity contribution in [1.29, 1.82) is 0 Å². The molecule has 0 saturated heterocycles. The lowest BCUT2D eigenvalue weighted by Crippen LogP contribution is -2.30. The number of thioether (sulfide) groups is 1. The first kappa shape index (κ1) is 30.4. The van der Waals surface area contributed by atoms with Gasteiger partial charge < -0.3 is 15.9 Å². The van der Waals surface area contributed by atoms with Gasteiger partial charge in [-0.05, 0) is 24.9 Å². The average Bonchev–Trinajstić information content (AvgIpc) is 2.69. The maximum absolute atomic E-state index is 10.3. The number of hydrogen-bond acceptors (Lipinski definition) is 4. The Morgan fingerprint density at radius 1 is 0.759 bits per heavy atom. The molecule has 29 heavy (non-hydrogen) atoms. The highest BCUT2D eigenvalue weighted by Gasteiger charge is 2.09. The van der Waals surface area contributed by atoms with Gasteiger partial charge in [0.25, 0.3) is 0 Å². The monoisotopic (exact) mass is 433 g/mol. The lowest BCUT2D eigenvalue weighted by atomic mass is 10.0. The van der Waals surface area contributed by atoms with Crippen molar-refractivity contribution in [3.05, 3.63) is 0 Å². The van der Waals surface area contributed by atoms with E-state index in [4.69, 9.17) is 15.9 Å². The molecule has 0 saturated carbocycles. The van der Waals surface area contributed by atoms with Gasteiger partial charge in [-0.15, -0.1) is 0 Å². The van der Waals surface area contributed by atoms with Gasteiger partial charge in [-0.2, -0.15) is 11.8 Å². The van der Waals surface area contributed by atoms with E-state index in [1.54, 1.807) is 11.8 Å². The fourth-order valence-electron chi connectivity index (χ4n) is 3.02. The van der Waals surface area contributed by atoms with Crippen LogP contribution in [0.15, 0.2) is 0 Å². The molecule has 6 heteroatoms. The fourth-order valence-corrected chi connectivity index (χ4v) is 3.51. The van der Waals surface area contributed by atoms with Gasteiger partial charge in [-0.1, -0.05) is 96.8 Å². The van der Waals surface area contributed by atoms with E-state index in [1.807, 2.05) is 6.26 Å². The summed E-state index contributed by atoms with van der Waals surface area (Å²) in [5.41, 5.74) is 5.19. The molecule has 0 spiro atoms. The van der Waals surface area contributed by atoms with Crippen LogP contribution < -0.4 is 5.73 Å². The van der Waals surface area contributed by atoms with Gasteiger partial charge in [0.1, 0.15) is 6.04 Å². The van der Waals surface area contributed by atoms with E-state index < -0.39 is 18.0 Å². The van der Waals surface area contributed by atoms with Crippen LogP contribution in [-0.2, 0) is 9.59 Å². The molecular weight excluding hydrogens is 386 g/mol. The topological polar surface area (TPSA) is 101 Å². The van der Waals surface area contributed by atoms with Crippen LogP contribution in [0.3, 0.4) is 0 Å². The number of rotatable bonds is 20. The standard InChI is InChI=1S/C18H36O2.C5H11NO2S/c1-2-3-4-5-6-7-8-9-10-11-12-13-14-15-16-17-18(19)20;1-9-3-2-4(6)5(7)8/h2-17H2,1H3,(H,19,20);4H,2-3,6H2,1H3,(H,7,8)/t;4-/m.0/s1. The van der Waals surface area contributed by atoms with Gasteiger partial charge in [0, 0.05) is 6.42 Å². The van der Waals surface area contributed by atoms with Crippen LogP contribution in [0.5, 0.6) is 0 Å². The molecule has 0 aliphatic carbocycles. The largest absolute Gasteiger partial charge is 0.481 e. The summed E-state index contributed by atoms with van der Waals surface area (Å²) in [6.45, 7) is 2.27. The number of nitrogens with two attached hydrogens (primary N) is 1. The van der Waals surface area contributed by atoms with Crippen LogP contribution >= 0.6 is 11.8 Å². The first-order chi connectivity index (χ1) is 14.0. The van der Waals surface area contributed by atoms with E-state index in [0.717, 1.165) is 18.6 Å². The second kappa shape index (κ2) is 25.3. The molecule has 174 valence electrons. The summed E-state index contributed by atoms with van der Waals surface area (Å²) in [6, 6.07) is -0.683. The SMILES string of the molecule is CCCCCCCCCCCCCCCCCC(=O)O.CSCC[C@H](N)C(=O)O. The van der Waals surface area contributed by atoms with Crippen molar-refractivity contribution < 1.29 is 19.8 Å². The summed E-state index contributed by atoms with van der Waals surface area (Å²) >= 11 is 1.60. The van der Waals surface area contributed by atoms with Crippen LogP contribution in [0.25, 0.3) is 0 Å². The third kappa shape index (κ3) is 29.5. The number of carboxylic acid groups (broad SMARTS) is 2. The number of unbranched alkanes of at least 4 members (excludes halogenated alkanes) is 14. The zero-order valence-electron chi connectivity index (χ0n) is 19.0. The highest BCUT2D eigenvalue weighted by molar-refractivity contribution is 7.98. The van der Waals surface area contributed by atoms with Crippen LogP contribution in [0, 0.1) is 0 Å². The Labute approximate surface area is 183 Å². The molecule has 0 bridgehead atoms. The summed E-state index contributed by atoms with van der Waals surface area (Å²) < 4.78 is 0. The zero-order valence-corrected chi connectivity index (χ0v) is 19.8. The molecule has 0 fully saturated rings. The lowest BCUT2D eigenvalue weighted by molar-refractivity contribution is -0.139. The molecule has 0 aromatic rings. The average molecular weight is 434 g/mol. The van der Waals surface area contributed by atoms with Crippen molar-refractivity contribution in [2.45, 2.75) is 122 Å². The molecule has 0 heterocycles. The quantitative estimate of drug-likeness (QED) is 0.190. The van der Waals surface area contributed by atoms with Crippen molar-refractivity contribution >= 4 is 23.7 Å². The molecule has 0 aromatic carbocycles. The van der Waals surface area contributed by atoms with E-state index >= 15 is 0 Å². The second-order valence-corrected chi connectivity index (χ2v) is 8.81. The van der Waals surface area contributed by atoms with E-state index in [9.17, 15) is 9.59 Å². The molecule has 0 radical (unpaired) electrons. The summed E-state index contributed by atoms with van der Waals surface area (Å²) in [7, 11) is 0. The van der Waals surface area contributed by atoms with Crippen LogP contribution in [0.4, 0.5) is 0 Å². The van der Waals surface area contributed by atoms with Crippen LogP contribution in [0.2, 0.25) is 0 Å². The van der Waals surface area contributed by atoms with E-state index in [-0.39, 0.29) is 0 Å². The van der Waals surface area contributed by atoms with Crippen molar-refractivity contribution in [1.82, 2.24) is 0 Å². The van der Waals surface area contributed by atoms with Gasteiger partial charge in [0.05, 0.1) is 0 Å². The minimum absolute atomic E-state index is 0.345. The predicted molar refractivity (Wildman–Crippen MR) is 126 cm³/mol. The highest BCUT2D eigenvalue weighted by Crippen LogP contribution is 2.13. The Kier molecular flexibility index (Phi) is 26.5. The summed E-state index contributed by atoms with van der Waals surface area (Å²) in [5, 5.41) is 16.8. The molecule has 0 aliphatic heterocycles. The highest BCUT2D eigenvalue weighted by atomic mass is 32.2. The fraction of sp³-hybridized carbons (Fsp3) is 0.913. The molecule has 0 aromatic heterocycles. The van der Waals surface area contributed by atoms with E-state index in [0.29, 0.717) is 12.8 Å². The molecule has 1 atom stereocenters. The molecule has 4 N–H and O–H groups in total. The number of carboxylic acids is 2. The number of carbonyl (C=O) groups is 2. The van der Waals surface area contributed by atoms with E-state index in [1.165, 1.54) is 83.5 Å². The molecular formula is C23H47NO4S. The third-order valence-corrected chi connectivity index (χ3v) is 5.59. The zero-order chi connectivity index (χ0) is 22.2. The Balaban J connectivity index is 0. The van der Waals surface area contributed by atoms with Crippen molar-refractivity contribution in [3.8, 4) is 0 Å². The summed E-state index contributed by atoms with van der Waals surface area (Å²) in [4.78, 5) is 20.4. The smallest absolute Gasteiger partial charge is 0.320 e. The molecule has 5 nitrogen and oxygen atoms in total. The minimum atomic E-state index is -0.913. The lowest BCUT2D eigenvalue weighted by Gasteiger charge is -2.03. The first-order valence-electron chi connectivity index (χ1n) is 11.6. The van der Waals surface area contributed by atoms with Crippen LogP contribution in [-0.4, -0.2) is 40.2 Å². The first-order valence-corrected chi connectivity index (χ1v) is 13.0. The second-order valence-electron chi connectivity index (χ2n) is 7.82. The van der Waals surface area contributed by atoms with Gasteiger partial charge in [-0.3, -0.25) is 9.59 Å². The molecule has 0 rings (SSSR count).